The molecule has 0 bridgehead atoms. The van der Waals surface area contributed by atoms with Gasteiger partial charge in [-0.2, -0.15) is 0 Å². The van der Waals surface area contributed by atoms with E-state index < -0.39 is 0 Å². The monoisotopic (exact) mass is 253 g/mol. The van der Waals surface area contributed by atoms with Crippen LogP contribution in [0, 0.1) is 0 Å². The maximum Gasteiger partial charge on any atom is 0.161 e. The van der Waals surface area contributed by atoms with Crippen LogP contribution >= 0.6 is 0 Å². The minimum atomic E-state index is -0.00764. The summed E-state index contributed by atoms with van der Waals surface area (Å²) in [7, 11) is 1.59. The molecule has 1 atom stereocenters. The minimum absolute atomic E-state index is 0.00764. The van der Waals surface area contributed by atoms with E-state index in [1.165, 1.54) is 0 Å². The number of aliphatic hydroxyl groups is 1. The third kappa shape index (κ3) is 3.35. The van der Waals surface area contributed by atoms with Crippen molar-refractivity contribution in [3.63, 3.8) is 0 Å². The van der Waals surface area contributed by atoms with Crippen molar-refractivity contribution in [2.45, 2.75) is 12.7 Å². The van der Waals surface area contributed by atoms with Gasteiger partial charge >= 0.3 is 0 Å². The standard InChI is InChI=1S/C13H19NO4/c1-16-13-6-10(8-15)2-3-12(13)18-9-11-7-14-4-5-17-11/h2-3,6,11,14-15H,4-5,7-9H2,1H3. The van der Waals surface area contributed by atoms with Crippen molar-refractivity contribution < 1.29 is 19.3 Å². The molecule has 1 aliphatic heterocycles. The molecule has 1 aliphatic rings. The Kier molecular flexibility index (Phi) is 4.81. The summed E-state index contributed by atoms with van der Waals surface area (Å²) in [6.07, 6.45) is 0.0703. The molecule has 5 nitrogen and oxygen atoms in total. The lowest BCUT2D eigenvalue weighted by Gasteiger charge is -2.24. The zero-order chi connectivity index (χ0) is 12.8. The van der Waals surface area contributed by atoms with E-state index in [4.69, 9.17) is 19.3 Å². The van der Waals surface area contributed by atoms with Gasteiger partial charge in [0, 0.05) is 13.1 Å². The van der Waals surface area contributed by atoms with Gasteiger partial charge < -0.3 is 24.6 Å². The second-order valence-electron chi connectivity index (χ2n) is 4.15. The number of ether oxygens (including phenoxy) is 3. The molecule has 0 amide bonds. The Morgan fingerprint density at radius 2 is 2.33 bits per heavy atom. The fourth-order valence-corrected chi connectivity index (χ4v) is 1.84. The van der Waals surface area contributed by atoms with Crippen molar-refractivity contribution in [1.29, 1.82) is 0 Å². The fraction of sp³-hybridized carbons (Fsp3) is 0.538. The Morgan fingerprint density at radius 3 is 3.00 bits per heavy atom. The van der Waals surface area contributed by atoms with E-state index in [0.717, 1.165) is 18.7 Å². The lowest BCUT2D eigenvalue weighted by Crippen LogP contribution is -2.41. The van der Waals surface area contributed by atoms with Crippen LogP contribution in [-0.2, 0) is 11.3 Å². The van der Waals surface area contributed by atoms with Crippen molar-refractivity contribution in [2.75, 3.05) is 33.4 Å². The highest BCUT2D eigenvalue weighted by Gasteiger charge is 2.15. The molecule has 1 heterocycles. The molecule has 0 spiro atoms. The third-order valence-corrected chi connectivity index (χ3v) is 2.84. The van der Waals surface area contributed by atoms with E-state index in [0.29, 0.717) is 24.7 Å². The first-order valence-electron chi connectivity index (χ1n) is 6.06. The summed E-state index contributed by atoms with van der Waals surface area (Å²) < 4.78 is 16.5. The highest BCUT2D eigenvalue weighted by atomic mass is 16.5. The smallest absolute Gasteiger partial charge is 0.161 e. The minimum Gasteiger partial charge on any atom is -0.493 e. The highest BCUT2D eigenvalue weighted by molar-refractivity contribution is 5.42. The van der Waals surface area contributed by atoms with E-state index in [2.05, 4.69) is 5.32 Å². The van der Waals surface area contributed by atoms with Crippen LogP contribution in [0.5, 0.6) is 11.5 Å². The Hall–Kier alpha value is -1.30. The Bertz CT molecular complexity index is 377. The molecular formula is C13H19NO4. The van der Waals surface area contributed by atoms with Crippen LogP contribution < -0.4 is 14.8 Å². The van der Waals surface area contributed by atoms with E-state index in [-0.39, 0.29) is 12.7 Å². The second-order valence-corrected chi connectivity index (χ2v) is 4.15. The number of hydrogen-bond donors (Lipinski definition) is 2. The van der Waals surface area contributed by atoms with Crippen LogP contribution in [0.3, 0.4) is 0 Å². The van der Waals surface area contributed by atoms with Crippen molar-refractivity contribution >= 4 is 0 Å². The van der Waals surface area contributed by atoms with Gasteiger partial charge in [-0.15, -0.1) is 0 Å². The summed E-state index contributed by atoms with van der Waals surface area (Å²) in [6, 6.07) is 5.40. The summed E-state index contributed by atoms with van der Waals surface area (Å²) >= 11 is 0. The lowest BCUT2D eigenvalue weighted by molar-refractivity contribution is -0.000273. The predicted octanol–water partition coefficient (Wildman–Crippen LogP) is 0.555. The molecule has 5 heteroatoms. The molecular weight excluding hydrogens is 234 g/mol. The molecule has 1 unspecified atom stereocenters. The van der Waals surface area contributed by atoms with Crippen molar-refractivity contribution in [3.05, 3.63) is 23.8 Å². The van der Waals surface area contributed by atoms with Gasteiger partial charge in [0.25, 0.3) is 0 Å². The van der Waals surface area contributed by atoms with Crippen LogP contribution in [0.1, 0.15) is 5.56 Å². The molecule has 2 N–H and O–H groups in total. The van der Waals surface area contributed by atoms with Gasteiger partial charge in [0.15, 0.2) is 11.5 Å². The highest BCUT2D eigenvalue weighted by Crippen LogP contribution is 2.28. The number of methoxy groups -OCH3 is 1. The van der Waals surface area contributed by atoms with Gasteiger partial charge in [0.1, 0.15) is 12.7 Å². The number of benzene rings is 1. The SMILES string of the molecule is COc1cc(CO)ccc1OCC1CNCCO1. The third-order valence-electron chi connectivity index (χ3n) is 2.84. The number of rotatable bonds is 5. The summed E-state index contributed by atoms with van der Waals surface area (Å²) in [5.41, 5.74) is 0.801. The molecule has 18 heavy (non-hydrogen) atoms. The first kappa shape index (κ1) is 13.1. The van der Waals surface area contributed by atoms with Crippen molar-refractivity contribution in [1.82, 2.24) is 5.32 Å². The average Bonchev–Trinajstić information content (AvgIpc) is 2.46. The molecule has 2 rings (SSSR count). The van der Waals surface area contributed by atoms with Gasteiger partial charge in [-0.05, 0) is 17.7 Å². The maximum atomic E-state index is 9.06. The molecule has 1 aromatic rings. The van der Waals surface area contributed by atoms with Crippen LogP contribution in [0.4, 0.5) is 0 Å². The van der Waals surface area contributed by atoms with E-state index in [1.807, 2.05) is 6.07 Å². The Morgan fingerprint density at radius 1 is 1.44 bits per heavy atom. The summed E-state index contributed by atoms with van der Waals surface area (Å²) in [4.78, 5) is 0. The molecule has 0 aliphatic carbocycles. The molecule has 0 saturated carbocycles. The number of aliphatic hydroxyl groups excluding tert-OH is 1. The zero-order valence-electron chi connectivity index (χ0n) is 10.5. The van der Waals surface area contributed by atoms with Crippen LogP contribution in [0.15, 0.2) is 18.2 Å². The van der Waals surface area contributed by atoms with Crippen LogP contribution in [0.2, 0.25) is 0 Å². The summed E-state index contributed by atoms with van der Waals surface area (Å²) in [5, 5.41) is 12.3. The van der Waals surface area contributed by atoms with Gasteiger partial charge in [-0.1, -0.05) is 6.07 Å². The van der Waals surface area contributed by atoms with Crippen LogP contribution in [0.25, 0.3) is 0 Å². The van der Waals surface area contributed by atoms with Gasteiger partial charge in [0.05, 0.1) is 20.3 Å². The molecule has 1 aromatic carbocycles. The number of morpholine rings is 1. The number of nitrogens with one attached hydrogen (secondary N) is 1. The van der Waals surface area contributed by atoms with Gasteiger partial charge in [-0.3, -0.25) is 0 Å². The summed E-state index contributed by atoms with van der Waals surface area (Å²) in [5.74, 6) is 1.30. The fourth-order valence-electron chi connectivity index (χ4n) is 1.84. The Labute approximate surface area is 107 Å². The lowest BCUT2D eigenvalue weighted by atomic mass is 10.2. The van der Waals surface area contributed by atoms with E-state index in [1.54, 1.807) is 19.2 Å². The average molecular weight is 253 g/mol. The molecule has 100 valence electrons. The van der Waals surface area contributed by atoms with E-state index >= 15 is 0 Å². The second kappa shape index (κ2) is 6.58. The summed E-state index contributed by atoms with van der Waals surface area (Å²) in [6.45, 7) is 2.89. The van der Waals surface area contributed by atoms with Gasteiger partial charge in [-0.25, -0.2) is 0 Å². The van der Waals surface area contributed by atoms with E-state index in [9.17, 15) is 0 Å². The van der Waals surface area contributed by atoms with Gasteiger partial charge in [0.2, 0.25) is 0 Å². The molecule has 0 aromatic heterocycles. The first-order valence-corrected chi connectivity index (χ1v) is 6.06. The quantitative estimate of drug-likeness (QED) is 0.802. The predicted molar refractivity (Wildman–Crippen MR) is 67.0 cm³/mol. The maximum absolute atomic E-state index is 9.06. The zero-order valence-corrected chi connectivity index (χ0v) is 10.5. The normalized spacial score (nSPS) is 19.6. The topological polar surface area (TPSA) is 60.0 Å². The number of hydrogen-bond acceptors (Lipinski definition) is 5. The van der Waals surface area contributed by atoms with Crippen molar-refractivity contribution in [3.8, 4) is 11.5 Å². The Balaban J connectivity index is 1.95. The molecule has 1 fully saturated rings. The molecule has 1 saturated heterocycles. The van der Waals surface area contributed by atoms with Crippen LogP contribution in [-0.4, -0.2) is 44.6 Å². The largest absolute Gasteiger partial charge is 0.493 e. The van der Waals surface area contributed by atoms with Crippen molar-refractivity contribution in [2.24, 2.45) is 0 Å². The first-order chi connectivity index (χ1) is 8.83. The molecule has 0 radical (unpaired) electrons.